The van der Waals surface area contributed by atoms with Crippen LogP contribution in [0.25, 0.3) is 0 Å². The molecule has 1 aliphatic heterocycles. The van der Waals surface area contributed by atoms with Crippen molar-refractivity contribution < 1.29 is 22.7 Å². The summed E-state index contributed by atoms with van der Waals surface area (Å²) >= 11 is 0. The normalized spacial score (nSPS) is 14.8. The fourth-order valence-corrected chi connectivity index (χ4v) is 5.66. The zero-order valence-corrected chi connectivity index (χ0v) is 24.9. The van der Waals surface area contributed by atoms with E-state index in [-0.39, 0.29) is 25.5 Å². The molecule has 1 atom stereocenters. The summed E-state index contributed by atoms with van der Waals surface area (Å²) in [5.41, 5.74) is 2.52. The first-order valence-corrected chi connectivity index (χ1v) is 16.1. The fraction of sp³-hybridized carbons (Fsp3) is 0.375. The highest BCUT2D eigenvalue weighted by atomic mass is 32.2. The van der Waals surface area contributed by atoms with E-state index in [0.717, 1.165) is 36.0 Å². The topological polar surface area (TPSA) is 99.3 Å². The van der Waals surface area contributed by atoms with Crippen LogP contribution in [-0.2, 0) is 43.9 Å². The first kappa shape index (κ1) is 31.4. The smallest absolute Gasteiger partial charge is 0.243 e. The molecule has 9 nitrogen and oxygen atoms in total. The van der Waals surface area contributed by atoms with Crippen LogP contribution in [0.2, 0.25) is 0 Å². The van der Waals surface area contributed by atoms with Gasteiger partial charge in [-0.15, -0.1) is 0 Å². The number of hydrogen-bond acceptors (Lipinski definition) is 6. The Morgan fingerprint density at radius 2 is 1.36 bits per heavy atom. The standard InChI is InChI=1S/C32H40N4O5S/c1-42(39,40)35(24-28-13-7-3-8-14-28)26-31(37)36(25-29-15-9-4-10-16-29)30(23-27-11-5-2-6-12-27)32(38)33-17-18-34-19-21-41-22-20-34/h2-16,30H,17-26H2,1H3,(H,33,38)/t30-/m1/s1. The molecule has 0 spiro atoms. The summed E-state index contributed by atoms with van der Waals surface area (Å²) in [5.74, 6) is -0.713. The zero-order chi connectivity index (χ0) is 29.8. The number of hydrogen-bond donors (Lipinski definition) is 1. The third kappa shape index (κ3) is 9.77. The van der Waals surface area contributed by atoms with Crippen molar-refractivity contribution >= 4 is 21.8 Å². The van der Waals surface area contributed by atoms with E-state index in [1.54, 1.807) is 0 Å². The van der Waals surface area contributed by atoms with Gasteiger partial charge in [0.1, 0.15) is 6.04 Å². The van der Waals surface area contributed by atoms with E-state index in [1.807, 2.05) is 91.0 Å². The van der Waals surface area contributed by atoms with Crippen LogP contribution in [0.3, 0.4) is 0 Å². The first-order chi connectivity index (χ1) is 20.3. The van der Waals surface area contributed by atoms with Crippen molar-refractivity contribution in [3.63, 3.8) is 0 Å². The molecule has 2 amide bonds. The van der Waals surface area contributed by atoms with Crippen LogP contribution in [0.1, 0.15) is 16.7 Å². The number of benzene rings is 3. The summed E-state index contributed by atoms with van der Waals surface area (Å²) in [6.45, 7) is 3.91. The van der Waals surface area contributed by atoms with E-state index in [9.17, 15) is 18.0 Å². The second kappa shape index (κ2) is 15.6. The lowest BCUT2D eigenvalue weighted by atomic mass is 10.0. The molecule has 10 heteroatoms. The van der Waals surface area contributed by atoms with E-state index in [0.29, 0.717) is 32.7 Å². The molecule has 224 valence electrons. The summed E-state index contributed by atoms with van der Waals surface area (Å²) in [4.78, 5) is 31.6. The lowest BCUT2D eigenvalue weighted by Crippen LogP contribution is -2.54. The maximum absolute atomic E-state index is 14.1. The van der Waals surface area contributed by atoms with Gasteiger partial charge in [-0.1, -0.05) is 91.0 Å². The number of nitrogens with one attached hydrogen (secondary N) is 1. The van der Waals surface area contributed by atoms with Gasteiger partial charge in [0, 0.05) is 45.7 Å². The monoisotopic (exact) mass is 592 g/mol. The SMILES string of the molecule is CS(=O)(=O)N(CC(=O)N(Cc1ccccc1)[C@H](Cc1ccccc1)C(=O)NCCN1CCOCC1)Cc1ccccc1. The van der Waals surface area contributed by atoms with Crippen molar-refractivity contribution in [2.75, 3.05) is 52.2 Å². The molecule has 4 rings (SSSR count). The van der Waals surface area contributed by atoms with E-state index in [4.69, 9.17) is 4.74 Å². The molecule has 1 aliphatic rings. The minimum Gasteiger partial charge on any atom is -0.379 e. The van der Waals surface area contributed by atoms with Crippen molar-refractivity contribution in [3.05, 3.63) is 108 Å². The molecular weight excluding hydrogens is 552 g/mol. The Morgan fingerprint density at radius 3 is 1.90 bits per heavy atom. The van der Waals surface area contributed by atoms with Gasteiger partial charge in [-0.05, 0) is 16.7 Å². The number of morpholine rings is 1. The number of carbonyl (C=O) groups excluding carboxylic acids is 2. The molecule has 1 fully saturated rings. The van der Waals surface area contributed by atoms with Crippen molar-refractivity contribution in [2.45, 2.75) is 25.6 Å². The Balaban J connectivity index is 1.60. The highest BCUT2D eigenvalue weighted by Gasteiger charge is 2.33. The van der Waals surface area contributed by atoms with Crippen molar-refractivity contribution in [1.82, 2.24) is 19.4 Å². The Labute approximate surface area is 249 Å². The average Bonchev–Trinajstić information content (AvgIpc) is 3.00. The Bertz CT molecular complexity index is 1370. The van der Waals surface area contributed by atoms with Crippen LogP contribution in [-0.4, -0.2) is 92.6 Å². The van der Waals surface area contributed by atoms with Gasteiger partial charge in [0.2, 0.25) is 21.8 Å². The fourth-order valence-electron chi connectivity index (χ4n) is 4.93. The summed E-state index contributed by atoms with van der Waals surface area (Å²) in [7, 11) is -3.73. The van der Waals surface area contributed by atoms with Gasteiger partial charge in [-0.3, -0.25) is 14.5 Å². The number of nitrogens with zero attached hydrogens (tertiary/aromatic N) is 3. The lowest BCUT2D eigenvalue weighted by molar-refractivity contribution is -0.141. The first-order valence-electron chi connectivity index (χ1n) is 14.2. The van der Waals surface area contributed by atoms with Crippen LogP contribution < -0.4 is 5.32 Å². The molecule has 0 unspecified atom stereocenters. The quantitative estimate of drug-likeness (QED) is 0.309. The molecule has 0 aliphatic carbocycles. The van der Waals surface area contributed by atoms with Gasteiger partial charge in [0.05, 0.1) is 26.0 Å². The van der Waals surface area contributed by atoms with Crippen LogP contribution in [0.5, 0.6) is 0 Å². The largest absolute Gasteiger partial charge is 0.379 e. The molecular formula is C32H40N4O5S. The molecule has 0 bridgehead atoms. The molecule has 3 aromatic rings. The predicted molar refractivity (Wildman–Crippen MR) is 163 cm³/mol. The van der Waals surface area contributed by atoms with E-state index < -0.39 is 22.0 Å². The Morgan fingerprint density at radius 1 is 0.833 bits per heavy atom. The van der Waals surface area contributed by atoms with Gasteiger partial charge in [-0.25, -0.2) is 8.42 Å². The summed E-state index contributed by atoms with van der Waals surface area (Å²) in [6, 6.07) is 27.3. The maximum atomic E-state index is 14.1. The van der Waals surface area contributed by atoms with E-state index >= 15 is 0 Å². The third-order valence-corrected chi connectivity index (χ3v) is 8.48. The molecule has 0 aromatic heterocycles. The Kier molecular flexibility index (Phi) is 11.7. The second-order valence-electron chi connectivity index (χ2n) is 10.5. The molecule has 1 N–H and O–H groups in total. The summed E-state index contributed by atoms with van der Waals surface area (Å²) < 4.78 is 32.2. The molecule has 42 heavy (non-hydrogen) atoms. The molecule has 1 saturated heterocycles. The molecule has 0 saturated carbocycles. The molecule has 3 aromatic carbocycles. The average molecular weight is 593 g/mol. The van der Waals surface area contributed by atoms with Gasteiger partial charge in [0.15, 0.2) is 0 Å². The minimum absolute atomic E-state index is 0.0552. The summed E-state index contributed by atoms with van der Waals surface area (Å²) in [6.07, 6.45) is 1.39. The lowest BCUT2D eigenvalue weighted by Gasteiger charge is -2.33. The molecule has 0 radical (unpaired) electrons. The van der Waals surface area contributed by atoms with Gasteiger partial charge >= 0.3 is 0 Å². The predicted octanol–water partition coefficient (Wildman–Crippen LogP) is 2.54. The number of ether oxygens (including phenoxy) is 1. The van der Waals surface area contributed by atoms with Crippen molar-refractivity contribution in [1.29, 1.82) is 0 Å². The van der Waals surface area contributed by atoms with Crippen LogP contribution in [0.15, 0.2) is 91.0 Å². The highest BCUT2D eigenvalue weighted by molar-refractivity contribution is 7.88. The van der Waals surface area contributed by atoms with E-state index in [2.05, 4.69) is 10.2 Å². The Hall–Kier alpha value is -3.57. The van der Waals surface area contributed by atoms with Crippen molar-refractivity contribution in [2.24, 2.45) is 0 Å². The maximum Gasteiger partial charge on any atom is 0.243 e. The number of sulfonamides is 1. The van der Waals surface area contributed by atoms with Crippen molar-refractivity contribution in [3.8, 4) is 0 Å². The highest BCUT2D eigenvalue weighted by Crippen LogP contribution is 2.17. The third-order valence-electron chi connectivity index (χ3n) is 7.28. The number of rotatable bonds is 14. The van der Waals surface area contributed by atoms with Gasteiger partial charge < -0.3 is 15.0 Å². The zero-order valence-electron chi connectivity index (χ0n) is 24.1. The van der Waals surface area contributed by atoms with E-state index in [1.165, 1.54) is 9.21 Å². The second-order valence-corrected chi connectivity index (χ2v) is 12.5. The van der Waals surface area contributed by atoms with Gasteiger partial charge in [0.25, 0.3) is 0 Å². The summed E-state index contributed by atoms with van der Waals surface area (Å²) in [5, 5.41) is 3.05. The minimum atomic E-state index is -3.73. The van der Waals surface area contributed by atoms with Crippen LogP contribution >= 0.6 is 0 Å². The number of amides is 2. The van der Waals surface area contributed by atoms with Crippen LogP contribution in [0.4, 0.5) is 0 Å². The van der Waals surface area contributed by atoms with Crippen LogP contribution in [0, 0.1) is 0 Å². The number of carbonyl (C=O) groups is 2. The van der Waals surface area contributed by atoms with Gasteiger partial charge in [-0.2, -0.15) is 4.31 Å². The molecule has 1 heterocycles.